The molecule has 168 valence electrons. The molecule has 2 aliphatic rings. The smallest absolute Gasteiger partial charge is 0.334 e. The highest BCUT2D eigenvalue weighted by atomic mass is 19.1. The molecule has 0 aliphatic heterocycles. The van der Waals surface area contributed by atoms with Crippen molar-refractivity contribution in [2.75, 3.05) is 0 Å². The lowest BCUT2D eigenvalue weighted by Crippen LogP contribution is -2.16. The Morgan fingerprint density at radius 1 is 1.28 bits per heavy atom. The van der Waals surface area contributed by atoms with Crippen LogP contribution in [-0.4, -0.2) is 26.7 Å². The van der Waals surface area contributed by atoms with Crippen LogP contribution in [0.2, 0.25) is 0 Å². The molecule has 0 spiro atoms. The highest BCUT2D eigenvalue weighted by molar-refractivity contribution is 5.98. The maximum Gasteiger partial charge on any atom is 0.334 e. The van der Waals surface area contributed by atoms with E-state index in [1.807, 2.05) is 6.92 Å². The number of hydrogen-bond donors (Lipinski definition) is 0. The number of halogens is 1. The van der Waals surface area contributed by atoms with Crippen LogP contribution in [0.5, 0.6) is 0 Å². The van der Waals surface area contributed by atoms with E-state index in [0.29, 0.717) is 41.5 Å². The van der Waals surface area contributed by atoms with Gasteiger partial charge in [0.25, 0.3) is 0 Å². The highest BCUT2D eigenvalue weighted by Gasteiger charge is 2.38. The molecule has 0 unspecified atom stereocenters. The number of nitrogens with zero attached hydrogens (tertiary/aromatic N) is 3. The zero-order chi connectivity index (χ0) is 22.8. The third kappa shape index (κ3) is 4.56. The van der Waals surface area contributed by atoms with Crippen LogP contribution >= 0.6 is 0 Å². The Kier molecular flexibility index (Phi) is 6.35. The maximum atomic E-state index is 13.8. The standard InChI is InChI=1S/C25H28FN3O3/c1-15-8-9-18(10-22-17(3)24(30)11-21(15)22)16(2)25(31)32-14-20-13-29(28-27-20)12-19-6-4-5-7-23(19)26/h4-7,13,15,18,21H,2,8-12,14H2,1,3H3/t15-,18+,21-/m0/s1. The number of benzene rings is 1. The zero-order valence-corrected chi connectivity index (χ0v) is 18.5. The number of hydrogen-bond acceptors (Lipinski definition) is 5. The van der Waals surface area contributed by atoms with Crippen LogP contribution in [0, 0.1) is 23.6 Å². The molecule has 3 atom stereocenters. The largest absolute Gasteiger partial charge is 0.456 e. The van der Waals surface area contributed by atoms with Gasteiger partial charge < -0.3 is 4.74 Å². The average Bonchev–Trinajstić information content (AvgIpc) is 3.29. The van der Waals surface area contributed by atoms with Gasteiger partial charge in [-0.2, -0.15) is 0 Å². The van der Waals surface area contributed by atoms with Crippen molar-refractivity contribution < 1.29 is 18.7 Å². The molecule has 1 aromatic carbocycles. The minimum Gasteiger partial charge on any atom is -0.456 e. The molecule has 0 amide bonds. The van der Waals surface area contributed by atoms with Gasteiger partial charge in [0.05, 0.1) is 12.7 Å². The summed E-state index contributed by atoms with van der Waals surface area (Å²) in [6, 6.07) is 6.48. The fourth-order valence-corrected chi connectivity index (χ4v) is 4.79. The van der Waals surface area contributed by atoms with Crippen LogP contribution in [0.4, 0.5) is 4.39 Å². The van der Waals surface area contributed by atoms with Gasteiger partial charge in [0.1, 0.15) is 18.1 Å². The zero-order valence-electron chi connectivity index (χ0n) is 18.5. The summed E-state index contributed by atoms with van der Waals surface area (Å²) in [5, 5.41) is 8.00. The molecule has 6 nitrogen and oxygen atoms in total. The molecular weight excluding hydrogens is 409 g/mol. The summed E-state index contributed by atoms with van der Waals surface area (Å²) >= 11 is 0. The van der Waals surface area contributed by atoms with Crippen molar-refractivity contribution in [1.82, 2.24) is 15.0 Å². The normalized spacial score (nSPS) is 23.1. The van der Waals surface area contributed by atoms with Crippen molar-refractivity contribution in [3.05, 3.63) is 70.8 Å². The van der Waals surface area contributed by atoms with Gasteiger partial charge in [-0.25, -0.2) is 13.9 Å². The topological polar surface area (TPSA) is 74.1 Å². The number of Topliss-reactive ketones (excluding diaryl/α,β-unsaturated/α-hetero) is 1. The summed E-state index contributed by atoms with van der Waals surface area (Å²) in [7, 11) is 0. The molecule has 0 radical (unpaired) electrons. The lowest BCUT2D eigenvalue weighted by molar-refractivity contribution is -0.141. The molecule has 2 aliphatic carbocycles. The van der Waals surface area contributed by atoms with Gasteiger partial charge in [0, 0.05) is 17.6 Å². The van der Waals surface area contributed by atoms with Gasteiger partial charge in [-0.05, 0) is 55.6 Å². The fraction of sp³-hybridized carbons (Fsp3) is 0.440. The minimum absolute atomic E-state index is 0.0254. The number of ketones is 1. The van der Waals surface area contributed by atoms with E-state index >= 15 is 0 Å². The Morgan fingerprint density at radius 2 is 2.06 bits per heavy atom. The van der Waals surface area contributed by atoms with Gasteiger partial charge in [-0.1, -0.05) is 42.5 Å². The predicted octanol–water partition coefficient (Wildman–Crippen LogP) is 4.41. The first-order valence-corrected chi connectivity index (χ1v) is 11.0. The SMILES string of the molecule is C=C(C(=O)OCc1cn(Cc2ccccc2F)nn1)[C@@H]1CC[C@H](C)[C@@H]2CC(=O)C(C)=C2C1. The first-order chi connectivity index (χ1) is 15.3. The summed E-state index contributed by atoms with van der Waals surface area (Å²) in [5.74, 6) is 0.158. The van der Waals surface area contributed by atoms with Gasteiger partial charge in [-0.15, -0.1) is 5.10 Å². The Balaban J connectivity index is 1.35. The first-order valence-electron chi connectivity index (χ1n) is 11.0. The molecule has 1 aromatic heterocycles. The Bertz CT molecular complexity index is 1090. The average molecular weight is 438 g/mol. The Morgan fingerprint density at radius 3 is 2.84 bits per heavy atom. The van der Waals surface area contributed by atoms with Gasteiger partial charge in [0.2, 0.25) is 0 Å². The number of allylic oxidation sites excluding steroid dienone is 2. The molecule has 4 rings (SSSR count). The van der Waals surface area contributed by atoms with Gasteiger partial charge in [-0.3, -0.25) is 4.79 Å². The van der Waals surface area contributed by atoms with Gasteiger partial charge in [0.15, 0.2) is 5.78 Å². The number of ether oxygens (including phenoxy) is 1. The Labute approximate surface area is 187 Å². The fourth-order valence-electron chi connectivity index (χ4n) is 4.79. The summed E-state index contributed by atoms with van der Waals surface area (Å²) < 4.78 is 20.8. The molecule has 7 heteroatoms. The first kappa shape index (κ1) is 22.1. The van der Waals surface area contributed by atoms with Crippen LogP contribution < -0.4 is 0 Å². The summed E-state index contributed by atoms with van der Waals surface area (Å²) in [6.07, 6.45) is 4.73. The third-order valence-corrected chi connectivity index (χ3v) is 6.86. The molecule has 1 heterocycles. The highest BCUT2D eigenvalue weighted by Crippen LogP contribution is 2.45. The third-order valence-electron chi connectivity index (χ3n) is 6.86. The van der Waals surface area contributed by atoms with Crippen molar-refractivity contribution in [2.45, 2.75) is 52.7 Å². The van der Waals surface area contributed by atoms with Crippen molar-refractivity contribution in [3.63, 3.8) is 0 Å². The summed E-state index contributed by atoms with van der Waals surface area (Å²) in [4.78, 5) is 24.9. The second-order valence-corrected chi connectivity index (χ2v) is 8.94. The van der Waals surface area contributed by atoms with E-state index in [0.717, 1.165) is 18.4 Å². The number of rotatable bonds is 6. The molecule has 0 saturated heterocycles. The number of carbonyl (C=O) groups excluding carboxylic acids is 2. The number of carbonyl (C=O) groups is 2. The summed E-state index contributed by atoms with van der Waals surface area (Å²) in [6.45, 7) is 8.33. The van der Waals surface area contributed by atoms with Crippen molar-refractivity contribution in [1.29, 1.82) is 0 Å². The Hall–Kier alpha value is -3.09. The monoisotopic (exact) mass is 437 g/mol. The van der Waals surface area contributed by atoms with E-state index in [1.54, 1.807) is 24.4 Å². The molecule has 32 heavy (non-hydrogen) atoms. The van der Waals surface area contributed by atoms with E-state index in [2.05, 4.69) is 23.8 Å². The van der Waals surface area contributed by atoms with Crippen LogP contribution in [0.3, 0.4) is 0 Å². The van der Waals surface area contributed by atoms with E-state index < -0.39 is 5.97 Å². The van der Waals surface area contributed by atoms with Crippen LogP contribution in [0.25, 0.3) is 0 Å². The van der Waals surface area contributed by atoms with Crippen molar-refractivity contribution in [3.8, 4) is 0 Å². The van der Waals surface area contributed by atoms with Gasteiger partial charge >= 0.3 is 5.97 Å². The quantitative estimate of drug-likeness (QED) is 0.494. The number of fused-ring (bicyclic) bond motifs is 1. The summed E-state index contributed by atoms with van der Waals surface area (Å²) in [5.41, 5.74) is 3.48. The van der Waals surface area contributed by atoms with Crippen LogP contribution in [0.1, 0.15) is 50.8 Å². The van der Waals surface area contributed by atoms with Crippen molar-refractivity contribution in [2.24, 2.45) is 17.8 Å². The minimum atomic E-state index is -0.452. The van der Waals surface area contributed by atoms with E-state index in [4.69, 9.17) is 4.74 Å². The molecule has 0 N–H and O–H groups in total. The molecule has 2 aromatic rings. The second-order valence-electron chi connectivity index (χ2n) is 8.94. The number of esters is 1. The maximum absolute atomic E-state index is 13.8. The predicted molar refractivity (Wildman–Crippen MR) is 117 cm³/mol. The van der Waals surface area contributed by atoms with E-state index in [1.165, 1.54) is 16.3 Å². The molecule has 1 fully saturated rings. The number of aromatic nitrogens is 3. The lowest BCUT2D eigenvalue weighted by Gasteiger charge is -2.18. The lowest BCUT2D eigenvalue weighted by atomic mass is 9.86. The molecule has 0 bridgehead atoms. The van der Waals surface area contributed by atoms with Crippen LogP contribution in [-0.2, 0) is 27.5 Å². The van der Waals surface area contributed by atoms with Crippen molar-refractivity contribution >= 4 is 11.8 Å². The molecular formula is C25H28FN3O3. The second kappa shape index (κ2) is 9.18. The molecule has 1 saturated carbocycles. The van der Waals surface area contributed by atoms with E-state index in [-0.39, 0.29) is 30.7 Å². The van der Waals surface area contributed by atoms with E-state index in [9.17, 15) is 14.0 Å². The van der Waals surface area contributed by atoms with Crippen LogP contribution in [0.15, 0.2) is 53.8 Å².